The zero-order chi connectivity index (χ0) is 31.7. The van der Waals surface area contributed by atoms with E-state index in [0.29, 0.717) is 37.8 Å². The summed E-state index contributed by atoms with van der Waals surface area (Å²) in [4.78, 5) is 22.3. The third-order valence-corrected chi connectivity index (χ3v) is 11.8. The molecule has 3 heterocycles. The average Bonchev–Trinajstić information content (AvgIpc) is 3.74. The predicted molar refractivity (Wildman–Crippen MR) is 204 cm³/mol. The summed E-state index contributed by atoms with van der Waals surface area (Å²) in [5, 5.41) is 7.25. The monoisotopic (exact) mass is 887 g/mol. The Labute approximate surface area is 322 Å². The molecule has 48 heavy (non-hydrogen) atoms. The summed E-state index contributed by atoms with van der Waals surface area (Å²) in [6.07, 6.45) is 29.6. The van der Waals surface area contributed by atoms with Crippen molar-refractivity contribution in [3.05, 3.63) is 66.8 Å². The Kier molecular flexibility index (Phi) is 16.4. The van der Waals surface area contributed by atoms with E-state index in [1.165, 1.54) is 96.3 Å². The normalized spacial score (nSPS) is 22.8. The molecule has 8 nitrogen and oxygen atoms in total. The zero-order valence-corrected chi connectivity index (χ0v) is 33.5. The van der Waals surface area contributed by atoms with Crippen molar-refractivity contribution >= 4 is 65.4 Å². The first-order chi connectivity index (χ1) is 22.5. The maximum absolute atomic E-state index is 5.03. The van der Waals surface area contributed by atoms with Gasteiger partial charge in [0.1, 0.15) is 0 Å². The molecule has 0 amide bonds. The standard InChI is InChI=1S/C36H47Br3N7.Fe.H2O/c37-31-16-28(19-40-25-10-4-1-5-11-25)43-34(31)22-46(23-35-32(38)17-29(44-35)20-41-26-12-6-2-7-13-26)24-36-33(39)18-30(45-36)21-42-27-14-8-3-9-15-27;;/h16-21,25-27,40-41H,1-15,22-24H2;;1H2/q-1;+3;/p-1/b28-19-,29-20-,42-21?;;. The SMILES string of the molecule is BrC1=C/C(=C/NC2CCCCC2)N=C1CN(CC1=N/C(=C\NC2CCCCC2)C=C1Br)Cc1[n-]c(C=NC2CCCCC2)cc1Br.[Fe+3].[OH-]. The van der Waals surface area contributed by atoms with Gasteiger partial charge in [-0.15, -0.1) is 11.4 Å². The van der Waals surface area contributed by atoms with Gasteiger partial charge in [-0.05, 0) is 87.0 Å². The Bertz CT molecular complexity index is 1360. The van der Waals surface area contributed by atoms with Crippen molar-refractivity contribution in [2.75, 3.05) is 13.1 Å². The predicted octanol–water partition coefficient (Wildman–Crippen LogP) is 8.77. The van der Waals surface area contributed by atoms with E-state index < -0.39 is 0 Å². The van der Waals surface area contributed by atoms with Crippen LogP contribution in [0.3, 0.4) is 0 Å². The first-order valence-corrected chi connectivity index (χ1v) is 19.8. The summed E-state index contributed by atoms with van der Waals surface area (Å²) < 4.78 is 3.08. The maximum atomic E-state index is 5.03. The molecule has 3 aliphatic carbocycles. The van der Waals surface area contributed by atoms with Crippen molar-refractivity contribution in [1.82, 2.24) is 20.5 Å². The molecule has 0 unspecified atom stereocenters. The van der Waals surface area contributed by atoms with E-state index in [1.807, 2.05) is 6.21 Å². The topological polar surface area (TPSA) is 108 Å². The fourth-order valence-corrected chi connectivity index (χ4v) is 8.42. The van der Waals surface area contributed by atoms with Crippen LogP contribution in [0.15, 0.2) is 70.4 Å². The summed E-state index contributed by atoms with van der Waals surface area (Å²) in [5.74, 6) is 0. The fourth-order valence-electron chi connectivity index (χ4n) is 7.07. The Balaban J connectivity index is 0.00000260. The second kappa shape index (κ2) is 19.9. The van der Waals surface area contributed by atoms with Gasteiger partial charge in [0.05, 0.1) is 22.8 Å². The Hall–Kier alpha value is -1.27. The van der Waals surface area contributed by atoms with Crippen LogP contribution in [-0.2, 0) is 23.6 Å². The van der Waals surface area contributed by atoms with Gasteiger partial charge in [-0.3, -0.25) is 9.89 Å². The molecule has 0 aromatic carbocycles. The summed E-state index contributed by atoms with van der Waals surface area (Å²) in [6, 6.07) is 3.64. The van der Waals surface area contributed by atoms with Crippen molar-refractivity contribution in [3.63, 3.8) is 0 Å². The van der Waals surface area contributed by atoms with Crippen LogP contribution in [0.4, 0.5) is 0 Å². The number of aromatic nitrogens is 1. The first kappa shape index (κ1) is 39.5. The van der Waals surface area contributed by atoms with E-state index >= 15 is 0 Å². The first-order valence-electron chi connectivity index (χ1n) is 17.4. The molecule has 1 radical (unpaired) electrons. The van der Waals surface area contributed by atoms with E-state index in [0.717, 1.165) is 47.6 Å². The third-order valence-electron chi connectivity index (χ3n) is 9.70. The number of aliphatic imine (C=N–C) groups is 3. The molecule has 0 atom stereocenters. The van der Waals surface area contributed by atoms with E-state index in [4.69, 9.17) is 20.0 Å². The number of nitrogens with one attached hydrogen (secondary N) is 2. The van der Waals surface area contributed by atoms with Crippen molar-refractivity contribution in [2.45, 2.75) is 121 Å². The second-order valence-corrected chi connectivity index (χ2v) is 16.0. The van der Waals surface area contributed by atoms with E-state index in [9.17, 15) is 0 Å². The fraction of sp³-hybridized carbons (Fsp3) is 0.583. The van der Waals surface area contributed by atoms with Gasteiger partial charge in [-0.1, -0.05) is 79.8 Å². The maximum Gasteiger partial charge on any atom is 3.00 e. The van der Waals surface area contributed by atoms with Gasteiger partial charge in [0.15, 0.2) is 0 Å². The summed E-state index contributed by atoms with van der Waals surface area (Å²) >= 11 is 11.4. The second-order valence-electron chi connectivity index (χ2n) is 13.4. The molecular formula is C36H48Br3FeN7O+. The van der Waals surface area contributed by atoms with Crippen molar-refractivity contribution < 1.29 is 22.5 Å². The molecular weight excluding hydrogens is 842 g/mol. The molecule has 1 aromatic rings. The van der Waals surface area contributed by atoms with Crippen LogP contribution in [0.2, 0.25) is 0 Å². The third kappa shape index (κ3) is 11.6. The Morgan fingerprint density at radius 1 is 0.729 bits per heavy atom. The molecule has 0 spiro atoms. The molecule has 0 bridgehead atoms. The summed E-state index contributed by atoms with van der Waals surface area (Å²) in [6.45, 7) is 2.00. The van der Waals surface area contributed by atoms with Crippen LogP contribution in [0.5, 0.6) is 0 Å². The van der Waals surface area contributed by atoms with Crippen LogP contribution < -0.4 is 15.6 Å². The van der Waals surface area contributed by atoms with E-state index in [-0.39, 0.29) is 22.5 Å². The number of nitrogens with zero attached hydrogens (tertiary/aromatic N) is 5. The Morgan fingerprint density at radius 2 is 1.21 bits per heavy atom. The molecule has 2 aliphatic heterocycles. The number of rotatable bonds is 12. The summed E-state index contributed by atoms with van der Waals surface area (Å²) in [7, 11) is 0. The van der Waals surface area contributed by atoms with Crippen molar-refractivity contribution in [2.24, 2.45) is 15.0 Å². The van der Waals surface area contributed by atoms with Crippen molar-refractivity contribution in [1.29, 1.82) is 0 Å². The molecule has 3 N–H and O–H groups in total. The molecule has 6 rings (SSSR count). The number of hydrogen-bond acceptors (Lipinski definition) is 7. The average molecular weight is 890 g/mol. The molecule has 1 aromatic heterocycles. The molecule has 0 saturated heterocycles. The van der Waals surface area contributed by atoms with Crippen LogP contribution in [0, 0.1) is 0 Å². The van der Waals surface area contributed by atoms with Crippen LogP contribution in [0.25, 0.3) is 0 Å². The van der Waals surface area contributed by atoms with E-state index in [2.05, 4.69) is 93.9 Å². The minimum atomic E-state index is 0. The number of hydrogen-bond donors (Lipinski definition) is 2. The van der Waals surface area contributed by atoms with Crippen LogP contribution in [0.1, 0.15) is 108 Å². The largest absolute Gasteiger partial charge is 3.00 e. The van der Waals surface area contributed by atoms with Gasteiger partial charge in [-0.2, -0.15) is 0 Å². The van der Waals surface area contributed by atoms with Crippen molar-refractivity contribution in [3.8, 4) is 0 Å². The van der Waals surface area contributed by atoms with E-state index in [1.54, 1.807) is 0 Å². The Morgan fingerprint density at radius 3 is 1.71 bits per heavy atom. The van der Waals surface area contributed by atoms with Gasteiger partial charge >= 0.3 is 17.1 Å². The van der Waals surface area contributed by atoms with Crippen LogP contribution in [-0.4, -0.2) is 59.2 Å². The van der Waals surface area contributed by atoms with Gasteiger partial charge in [0, 0.05) is 65.3 Å². The van der Waals surface area contributed by atoms with Gasteiger partial charge in [0.2, 0.25) is 0 Å². The zero-order valence-electron chi connectivity index (χ0n) is 27.6. The number of halogens is 3. The van der Waals surface area contributed by atoms with Gasteiger partial charge in [-0.25, -0.2) is 9.98 Å². The van der Waals surface area contributed by atoms with Gasteiger partial charge in [0.25, 0.3) is 0 Å². The quantitative estimate of drug-likeness (QED) is 0.161. The molecule has 3 saturated carbocycles. The van der Waals surface area contributed by atoms with Crippen LogP contribution >= 0.6 is 47.8 Å². The van der Waals surface area contributed by atoms with Gasteiger partial charge < -0.3 is 21.1 Å². The molecule has 3 fully saturated rings. The molecule has 12 heteroatoms. The molecule has 5 aliphatic rings. The number of allylic oxidation sites excluding steroid dienone is 2. The minimum Gasteiger partial charge on any atom is -0.870 e. The summed E-state index contributed by atoms with van der Waals surface area (Å²) in [5.41, 5.74) is 5.91. The minimum absolute atomic E-state index is 0. The molecule has 261 valence electrons. The smallest absolute Gasteiger partial charge is 0.870 e.